The molecule has 170 valence electrons. The van der Waals surface area contributed by atoms with Crippen molar-refractivity contribution in [1.29, 1.82) is 0 Å². The van der Waals surface area contributed by atoms with Crippen LogP contribution in [0.2, 0.25) is 0 Å². The van der Waals surface area contributed by atoms with Gasteiger partial charge in [-0.2, -0.15) is 0 Å². The molecular weight excluding hydrogens is 406 g/mol. The first-order chi connectivity index (χ1) is 15.4. The Hall–Kier alpha value is -2.70. The number of aryl methyl sites for hydroxylation is 1. The molecule has 7 heteroatoms. The van der Waals surface area contributed by atoms with E-state index in [9.17, 15) is 9.59 Å². The summed E-state index contributed by atoms with van der Waals surface area (Å²) in [4.78, 5) is 24.9. The number of hydrogen-bond donors (Lipinski definition) is 1. The quantitative estimate of drug-likeness (QED) is 0.647. The highest BCUT2D eigenvalue weighted by Gasteiger charge is 2.51. The number of esters is 1. The number of ether oxygens (including phenoxy) is 1. The van der Waals surface area contributed by atoms with E-state index in [1.54, 1.807) is 6.92 Å². The predicted octanol–water partition coefficient (Wildman–Crippen LogP) is 4.37. The molecule has 2 aromatic rings. The molecule has 1 aromatic carbocycles. The molecule has 1 atom stereocenters. The van der Waals surface area contributed by atoms with E-state index in [2.05, 4.69) is 15.5 Å². The molecule has 1 aromatic heterocycles. The predicted molar refractivity (Wildman–Crippen MR) is 117 cm³/mol. The second kappa shape index (κ2) is 8.34. The molecule has 0 spiro atoms. The van der Waals surface area contributed by atoms with Crippen molar-refractivity contribution in [2.45, 2.75) is 64.9 Å². The number of nitrogens with one attached hydrogen (secondary N) is 1. The summed E-state index contributed by atoms with van der Waals surface area (Å²) in [5.74, 6) is 2.47. The minimum absolute atomic E-state index is 0.0454. The lowest BCUT2D eigenvalue weighted by atomic mass is 9.49. The monoisotopic (exact) mass is 437 g/mol. The lowest BCUT2D eigenvalue weighted by Crippen LogP contribution is -2.48. The van der Waals surface area contributed by atoms with Gasteiger partial charge in [0.15, 0.2) is 6.10 Å². The Labute approximate surface area is 188 Å². The average molecular weight is 438 g/mol. The average Bonchev–Trinajstić information content (AvgIpc) is 3.22. The summed E-state index contributed by atoms with van der Waals surface area (Å²) >= 11 is 0. The van der Waals surface area contributed by atoms with Crippen molar-refractivity contribution in [3.05, 3.63) is 35.7 Å². The van der Waals surface area contributed by atoms with Crippen LogP contribution >= 0.6 is 0 Å². The highest BCUT2D eigenvalue weighted by atomic mass is 16.6. The van der Waals surface area contributed by atoms with Crippen molar-refractivity contribution in [3.8, 4) is 11.5 Å². The molecule has 4 saturated carbocycles. The summed E-state index contributed by atoms with van der Waals surface area (Å²) in [5.41, 5.74) is 2.11. The minimum atomic E-state index is -0.686. The third-order valence-electron chi connectivity index (χ3n) is 7.53. The van der Waals surface area contributed by atoms with Gasteiger partial charge in [-0.05, 0) is 87.7 Å². The molecule has 0 aliphatic heterocycles. The van der Waals surface area contributed by atoms with Crippen LogP contribution in [-0.2, 0) is 14.3 Å². The lowest BCUT2D eigenvalue weighted by molar-refractivity contribution is -0.150. The van der Waals surface area contributed by atoms with Crippen LogP contribution in [0.1, 0.15) is 69.4 Å². The zero-order chi connectivity index (χ0) is 22.3. The minimum Gasteiger partial charge on any atom is -0.451 e. The van der Waals surface area contributed by atoms with Crippen LogP contribution in [0, 0.1) is 30.1 Å². The Morgan fingerprint density at radius 1 is 1.09 bits per heavy atom. The van der Waals surface area contributed by atoms with E-state index in [1.165, 1.54) is 38.5 Å². The molecule has 4 bridgehead atoms. The second-order valence-electron chi connectivity index (χ2n) is 10.3. The highest BCUT2D eigenvalue weighted by molar-refractivity contribution is 5.82. The standard InChI is InChI=1S/C25H31N3O4/c1-15-3-5-20(6-4-15)24-28-27-23(32-24)16(2)31-22(30)14-26-21(29)13-25-10-17-7-18(11-25)9-19(8-17)12-25/h3-6,16-19H,7-14H2,1-2H3,(H,26,29). The number of rotatable bonds is 7. The topological polar surface area (TPSA) is 94.3 Å². The van der Waals surface area contributed by atoms with Gasteiger partial charge in [-0.3, -0.25) is 9.59 Å². The van der Waals surface area contributed by atoms with E-state index in [-0.39, 0.29) is 23.8 Å². The molecule has 6 rings (SSSR count). The van der Waals surface area contributed by atoms with E-state index in [1.807, 2.05) is 31.2 Å². The first kappa shape index (κ1) is 21.2. The van der Waals surface area contributed by atoms with Crippen molar-refractivity contribution < 1.29 is 18.7 Å². The van der Waals surface area contributed by atoms with Crippen LogP contribution in [0.5, 0.6) is 0 Å². The fraction of sp³-hybridized carbons (Fsp3) is 0.600. The number of hydrogen-bond acceptors (Lipinski definition) is 6. The molecule has 32 heavy (non-hydrogen) atoms. The molecule has 1 N–H and O–H groups in total. The Bertz CT molecular complexity index is 962. The van der Waals surface area contributed by atoms with Gasteiger partial charge in [0.1, 0.15) is 6.54 Å². The number of amides is 1. The second-order valence-corrected chi connectivity index (χ2v) is 10.3. The molecule has 1 heterocycles. The molecular formula is C25H31N3O4. The summed E-state index contributed by atoms with van der Waals surface area (Å²) in [6.45, 7) is 3.54. The van der Waals surface area contributed by atoms with Crippen LogP contribution in [0.25, 0.3) is 11.5 Å². The number of aromatic nitrogens is 2. The fourth-order valence-electron chi connectivity index (χ4n) is 6.58. The van der Waals surface area contributed by atoms with Crippen LogP contribution in [0.3, 0.4) is 0 Å². The third kappa shape index (κ3) is 4.43. The Balaban J connectivity index is 1.10. The van der Waals surface area contributed by atoms with Crippen molar-refractivity contribution in [3.63, 3.8) is 0 Å². The molecule has 4 aliphatic rings. The van der Waals surface area contributed by atoms with Gasteiger partial charge in [-0.1, -0.05) is 17.7 Å². The first-order valence-electron chi connectivity index (χ1n) is 11.7. The van der Waals surface area contributed by atoms with E-state index in [0.717, 1.165) is 28.9 Å². The maximum atomic E-state index is 12.6. The van der Waals surface area contributed by atoms with E-state index in [4.69, 9.17) is 9.15 Å². The van der Waals surface area contributed by atoms with Crippen molar-refractivity contribution in [1.82, 2.24) is 15.5 Å². The summed E-state index contributed by atoms with van der Waals surface area (Å²) in [5, 5.41) is 10.8. The van der Waals surface area contributed by atoms with E-state index < -0.39 is 12.1 Å². The normalized spacial score (nSPS) is 29.0. The zero-order valence-corrected chi connectivity index (χ0v) is 18.8. The number of carbonyl (C=O) groups is 2. The van der Waals surface area contributed by atoms with Gasteiger partial charge in [0.05, 0.1) is 0 Å². The van der Waals surface area contributed by atoms with Crippen molar-refractivity contribution in [2.24, 2.45) is 23.2 Å². The van der Waals surface area contributed by atoms with Gasteiger partial charge in [-0.25, -0.2) is 0 Å². The molecule has 4 aliphatic carbocycles. The molecule has 4 fully saturated rings. The Kier molecular flexibility index (Phi) is 5.51. The van der Waals surface area contributed by atoms with Crippen LogP contribution in [-0.4, -0.2) is 28.6 Å². The maximum Gasteiger partial charge on any atom is 0.326 e. The molecule has 1 amide bonds. The summed E-state index contributed by atoms with van der Waals surface area (Å²) in [6, 6.07) is 7.74. The lowest BCUT2D eigenvalue weighted by Gasteiger charge is -2.56. The largest absolute Gasteiger partial charge is 0.451 e. The molecule has 0 saturated heterocycles. The summed E-state index contributed by atoms with van der Waals surface area (Å²) in [6.07, 6.45) is 7.43. The number of nitrogens with zero attached hydrogens (tertiary/aromatic N) is 2. The Morgan fingerprint density at radius 2 is 1.72 bits per heavy atom. The SMILES string of the molecule is Cc1ccc(-c2nnc(C(C)OC(=O)CNC(=O)CC34CC5CC(CC(C5)C3)C4)o2)cc1. The van der Waals surface area contributed by atoms with Gasteiger partial charge in [0, 0.05) is 12.0 Å². The maximum absolute atomic E-state index is 12.6. The van der Waals surface area contributed by atoms with Gasteiger partial charge < -0.3 is 14.5 Å². The highest BCUT2D eigenvalue weighted by Crippen LogP contribution is 2.61. The van der Waals surface area contributed by atoms with Gasteiger partial charge in [0.2, 0.25) is 11.8 Å². The Morgan fingerprint density at radius 3 is 2.34 bits per heavy atom. The van der Waals surface area contributed by atoms with Crippen molar-refractivity contribution >= 4 is 11.9 Å². The van der Waals surface area contributed by atoms with E-state index in [0.29, 0.717) is 12.3 Å². The van der Waals surface area contributed by atoms with Crippen LogP contribution in [0.15, 0.2) is 28.7 Å². The smallest absolute Gasteiger partial charge is 0.326 e. The molecule has 1 unspecified atom stereocenters. The zero-order valence-electron chi connectivity index (χ0n) is 18.8. The van der Waals surface area contributed by atoms with Gasteiger partial charge in [-0.15, -0.1) is 10.2 Å². The van der Waals surface area contributed by atoms with E-state index >= 15 is 0 Å². The summed E-state index contributed by atoms with van der Waals surface area (Å²) < 4.78 is 11.1. The van der Waals surface area contributed by atoms with Crippen LogP contribution < -0.4 is 5.32 Å². The number of carbonyl (C=O) groups excluding carboxylic acids is 2. The fourth-order valence-corrected chi connectivity index (χ4v) is 6.58. The molecule has 0 radical (unpaired) electrons. The first-order valence-corrected chi connectivity index (χ1v) is 11.7. The van der Waals surface area contributed by atoms with Gasteiger partial charge >= 0.3 is 5.97 Å². The van der Waals surface area contributed by atoms with Gasteiger partial charge in [0.25, 0.3) is 5.89 Å². The summed E-state index contributed by atoms with van der Waals surface area (Å²) in [7, 11) is 0. The van der Waals surface area contributed by atoms with Crippen molar-refractivity contribution in [2.75, 3.05) is 6.54 Å². The molecule has 7 nitrogen and oxygen atoms in total. The third-order valence-corrected chi connectivity index (χ3v) is 7.53. The number of benzene rings is 1. The van der Waals surface area contributed by atoms with Crippen LogP contribution in [0.4, 0.5) is 0 Å².